The molecule has 2 saturated heterocycles. The van der Waals surface area contributed by atoms with E-state index in [0.717, 1.165) is 5.56 Å². The van der Waals surface area contributed by atoms with Crippen LogP contribution in [0.3, 0.4) is 0 Å². The Morgan fingerprint density at radius 2 is 1.64 bits per heavy atom. The van der Waals surface area contributed by atoms with Crippen LogP contribution in [0.15, 0.2) is 54.6 Å². The highest BCUT2D eigenvalue weighted by Gasteiger charge is 2.52. The van der Waals surface area contributed by atoms with Crippen molar-refractivity contribution >= 4 is 23.5 Å². The average molecular weight is 490 g/mol. The zero-order chi connectivity index (χ0) is 26.0. The van der Waals surface area contributed by atoms with Gasteiger partial charge in [-0.3, -0.25) is 19.2 Å². The molecule has 3 unspecified atom stereocenters. The van der Waals surface area contributed by atoms with E-state index in [4.69, 9.17) is 0 Å². The number of hydrogen-bond acceptors (Lipinski definition) is 4. The molecule has 2 heterocycles. The first-order chi connectivity index (χ1) is 17.1. The number of fused-ring (bicyclic) bond motifs is 1. The summed E-state index contributed by atoms with van der Waals surface area (Å²) in [6, 6.07) is 14.6. The summed E-state index contributed by atoms with van der Waals surface area (Å²) in [5.74, 6) is -0.889. The van der Waals surface area contributed by atoms with Gasteiger partial charge in [0.2, 0.25) is 5.91 Å². The maximum absolute atomic E-state index is 13.6. The van der Waals surface area contributed by atoms with Crippen LogP contribution in [0.5, 0.6) is 0 Å². The lowest BCUT2D eigenvalue weighted by atomic mass is 9.86. The number of carbonyl (C=O) groups is 4. The first-order valence-electron chi connectivity index (χ1n) is 12.7. The molecule has 3 atom stereocenters. The molecule has 2 aliphatic heterocycles. The summed E-state index contributed by atoms with van der Waals surface area (Å²) in [7, 11) is 0. The third kappa shape index (κ3) is 5.06. The Balaban J connectivity index is 1.47. The molecule has 1 N–H and O–H groups in total. The molecule has 7 heteroatoms. The second-order valence-corrected chi connectivity index (χ2v) is 10.7. The number of benzene rings is 2. The number of amides is 3. The molecule has 0 bridgehead atoms. The van der Waals surface area contributed by atoms with Crippen molar-refractivity contribution in [1.29, 1.82) is 0 Å². The molecule has 0 aromatic heterocycles. The Hall–Kier alpha value is -3.48. The van der Waals surface area contributed by atoms with Crippen molar-refractivity contribution in [3.8, 4) is 0 Å². The molecule has 0 aliphatic carbocycles. The van der Waals surface area contributed by atoms with Crippen LogP contribution in [0.2, 0.25) is 0 Å². The zero-order valence-electron chi connectivity index (χ0n) is 21.5. The molecule has 2 fully saturated rings. The van der Waals surface area contributed by atoms with Crippen LogP contribution in [0, 0.1) is 0 Å². The molecule has 0 radical (unpaired) electrons. The molecule has 2 aromatic rings. The van der Waals surface area contributed by atoms with Gasteiger partial charge < -0.3 is 15.1 Å². The van der Waals surface area contributed by atoms with E-state index in [1.165, 1.54) is 0 Å². The summed E-state index contributed by atoms with van der Waals surface area (Å²) in [6.07, 6.45) is 1.72. The maximum atomic E-state index is 13.6. The van der Waals surface area contributed by atoms with Crippen molar-refractivity contribution in [2.24, 2.45) is 0 Å². The number of nitrogens with one attached hydrogen (secondary N) is 1. The number of hydrogen-bond donors (Lipinski definition) is 1. The number of Topliss-reactive ketones (excluding diaryl/α,β-unsaturated/α-hetero) is 1. The van der Waals surface area contributed by atoms with Crippen molar-refractivity contribution in [3.05, 3.63) is 71.3 Å². The van der Waals surface area contributed by atoms with Gasteiger partial charge in [-0.15, -0.1) is 0 Å². The lowest BCUT2D eigenvalue weighted by Crippen LogP contribution is -2.52. The summed E-state index contributed by atoms with van der Waals surface area (Å²) in [5.41, 5.74) is 2.13. The second kappa shape index (κ2) is 10.2. The van der Waals surface area contributed by atoms with E-state index in [9.17, 15) is 19.2 Å². The van der Waals surface area contributed by atoms with E-state index in [0.29, 0.717) is 36.9 Å². The minimum atomic E-state index is -0.727. The zero-order valence-corrected chi connectivity index (χ0v) is 21.5. The summed E-state index contributed by atoms with van der Waals surface area (Å²) < 4.78 is 0. The van der Waals surface area contributed by atoms with Crippen molar-refractivity contribution in [3.63, 3.8) is 0 Å². The normalized spacial score (nSPS) is 20.3. The molecule has 2 aromatic carbocycles. The van der Waals surface area contributed by atoms with E-state index in [1.54, 1.807) is 46.2 Å². The molecule has 36 heavy (non-hydrogen) atoms. The van der Waals surface area contributed by atoms with Crippen LogP contribution in [0.1, 0.15) is 73.2 Å². The highest BCUT2D eigenvalue weighted by molar-refractivity contribution is 6.03. The van der Waals surface area contributed by atoms with Crippen LogP contribution < -0.4 is 5.32 Å². The molecule has 0 spiro atoms. The minimum Gasteiger partial charge on any atom is -0.340 e. The van der Waals surface area contributed by atoms with Gasteiger partial charge in [-0.25, -0.2) is 0 Å². The van der Waals surface area contributed by atoms with E-state index < -0.39 is 12.1 Å². The quantitative estimate of drug-likeness (QED) is 0.672. The summed E-state index contributed by atoms with van der Waals surface area (Å²) >= 11 is 0. The van der Waals surface area contributed by atoms with Crippen molar-refractivity contribution in [2.75, 3.05) is 13.1 Å². The standard InChI is InChI=1S/C29H35N3O4/c1-5-9-22(30-26(34)19-12-14-21(15-13-19)29(2,3)4)28(36)31-17-16-23-25(31)24(33)18-32(23)27(35)20-10-7-6-8-11-20/h6-8,10-15,22-23,25H,5,9,16-18H2,1-4H3,(H,30,34). The number of rotatable bonds is 6. The lowest BCUT2D eigenvalue weighted by molar-refractivity contribution is -0.138. The summed E-state index contributed by atoms with van der Waals surface area (Å²) in [6.45, 7) is 8.67. The molecular formula is C29H35N3O4. The van der Waals surface area contributed by atoms with Crippen LogP contribution in [-0.4, -0.2) is 64.5 Å². The van der Waals surface area contributed by atoms with Crippen LogP contribution in [0.4, 0.5) is 0 Å². The molecule has 2 aliphatic rings. The number of nitrogens with zero attached hydrogens (tertiary/aromatic N) is 2. The van der Waals surface area contributed by atoms with E-state index in [2.05, 4.69) is 26.1 Å². The van der Waals surface area contributed by atoms with Gasteiger partial charge in [-0.2, -0.15) is 0 Å². The average Bonchev–Trinajstić information content (AvgIpc) is 3.44. The predicted molar refractivity (Wildman–Crippen MR) is 138 cm³/mol. The van der Waals surface area contributed by atoms with Crippen molar-refractivity contribution in [1.82, 2.24) is 15.1 Å². The van der Waals surface area contributed by atoms with Gasteiger partial charge in [0.15, 0.2) is 5.78 Å². The van der Waals surface area contributed by atoms with Gasteiger partial charge in [0.05, 0.1) is 12.6 Å². The van der Waals surface area contributed by atoms with E-state index in [-0.39, 0.29) is 41.5 Å². The minimum absolute atomic E-state index is 0.00221. The first kappa shape index (κ1) is 25.6. The summed E-state index contributed by atoms with van der Waals surface area (Å²) in [5, 5.41) is 2.90. The Kier molecular flexibility index (Phi) is 7.29. The number of likely N-dealkylation sites (tertiary alicyclic amines) is 2. The molecule has 7 nitrogen and oxygen atoms in total. The largest absolute Gasteiger partial charge is 0.340 e. The second-order valence-electron chi connectivity index (χ2n) is 10.7. The Bertz CT molecular complexity index is 1140. The highest BCUT2D eigenvalue weighted by Crippen LogP contribution is 2.31. The molecule has 0 saturated carbocycles. The van der Waals surface area contributed by atoms with Gasteiger partial charge >= 0.3 is 0 Å². The fourth-order valence-electron chi connectivity index (χ4n) is 5.20. The van der Waals surface area contributed by atoms with Gasteiger partial charge in [0.25, 0.3) is 11.8 Å². The Labute approximate surface area is 212 Å². The lowest BCUT2D eigenvalue weighted by Gasteiger charge is -2.28. The number of ketones is 1. The fraction of sp³-hybridized carbons (Fsp3) is 0.448. The predicted octanol–water partition coefficient (Wildman–Crippen LogP) is 3.58. The SMILES string of the molecule is CCCC(NC(=O)c1ccc(C(C)(C)C)cc1)C(=O)N1CCC2C1C(=O)CN2C(=O)c1ccccc1. The van der Waals surface area contributed by atoms with E-state index >= 15 is 0 Å². The van der Waals surface area contributed by atoms with Gasteiger partial charge in [-0.05, 0) is 48.1 Å². The topological polar surface area (TPSA) is 86.8 Å². The van der Waals surface area contributed by atoms with Crippen LogP contribution >= 0.6 is 0 Å². The molecule has 4 rings (SSSR count). The fourth-order valence-corrected chi connectivity index (χ4v) is 5.20. The van der Waals surface area contributed by atoms with Gasteiger partial charge in [-0.1, -0.05) is 64.4 Å². The van der Waals surface area contributed by atoms with E-state index in [1.807, 2.05) is 25.1 Å². The highest BCUT2D eigenvalue weighted by atomic mass is 16.2. The Morgan fingerprint density at radius 3 is 2.25 bits per heavy atom. The van der Waals surface area contributed by atoms with Gasteiger partial charge in [0, 0.05) is 17.7 Å². The number of carbonyl (C=O) groups excluding carboxylic acids is 4. The van der Waals surface area contributed by atoms with Gasteiger partial charge in [0.1, 0.15) is 12.1 Å². The molecule has 190 valence electrons. The molecule has 3 amide bonds. The van der Waals surface area contributed by atoms with Crippen molar-refractivity contribution < 1.29 is 19.2 Å². The third-order valence-corrected chi connectivity index (χ3v) is 7.18. The first-order valence-corrected chi connectivity index (χ1v) is 12.7. The van der Waals surface area contributed by atoms with Crippen molar-refractivity contribution in [2.45, 2.75) is 70.5 Å². The maximum Gasteiger partial charge on any atom is 0.254 e. The summed E-state index contributed by atoms with van der Waals surface area (Å²) in [4.78, 5) is 55.8. The monoisotopic (exact) mass is 489 g/mol. The Morgan fingerprint density at radius 1 is 0.972 bits per heavy atom. The van der Waals surface area contributed by atoms with Crippen LogP contribution in [-0.2, 0) is 15.0 Å². The molecular weight excluding hydrogens is 454 g/mol. The third-order valence-electron chi connectivity index (χ3n) is 7.18. The smallest absolute Gasteiger partial charge is 0.254 e. The van der Waals surface area contributed by atoms with Crippen LogP contribution in [0.25, 0.3) is 0 Å².